The summed E-state index contributed by atoms with van der Waals surface area (Å²) in [5, 5.41) is 4.70. The summed E-state index contributed by atoms with van der Waals surface area (Å²) in [4.78, 5) is 13.1. The van der Waals surface area contributed by atoms with Gasteiger partial charge in [-0.3, -0.25) is 4.79 Å². The van der Waals surface area contributed by atoms with Crippen LogP contribution in [0.15, 0.2) is 49.1 Å². The van der Waals surface area contributed by atoms with Crippen molar-refractivity contribution in [3.05, 3.63) is 75.9 Å². The van der Waals surface area contributed by atoms with Gasteiger partial charge in [-0.25, -0.2) is 0 Å². The first-order valence-electron chi connectivity index (χ1n) is 8.84. The molecule has 27 heavy (non-hydrogen) atoms. The maximum atomic E-state index is 13.1. The zero-order valence-electron chi connectivity index (χ0n) is 15.6. The molecule has 3 aromatic rings. The van der Waals surface area contributed by atoms with Crippen molar-refractivity contribution in [3.8, 4) is 0 Å². The average molecular weight is 401 g/mol. The van der Waals surface area contributed by atoms with Crippen LogP contribution in [0, 0.1) is 6.92 Å². The van der Waals surface area contributed by atoms with Crippen molar-refractivity contribution in [2.75, 3.05) is 5.32 Å². The molecule has 1 heterocycles. The molecule has 0 fully saturated rings. The van der Waals surface area contributed by atoms with Crippen LogP contribution in [0.5, 0.6) is 0 Å². The van der Waals surface area contributed by atoms with Gasteiger partial charge in [-0.1, -0.05) is 55.3 Å². The van der Waals surface area contributed by atoms with Crippen LogP contribution in [0.4, 0.5) is 5.69 Å². The number of hydrogen-bond donors (Lipinski definition) is 1. The Balaban J connectivity index is 2.12. The lowest BCUT2D eigenvalue weighted by Crippen LogP contribution is -2.18. The summed E-state index contributed by atoms with van der Waals surface area (Å²) in [7, 11) is 0. The van der Waals surface area contributed by atoms with Crippen molar-refractivity contribution in [3.63, 3.8) is 0 Å². The van der Waals surface area contributed by atoms with Gasteiger partial charge in [0.1, 0.15) is 5.69 Å². The molecule has 0 atom stereocenters. The monoisotopic (exact) mass is 400 g/mol. The van der Waals surface area contributed by atoms with Crippen LogP contribution in [-0.4, -0.2) is 10.5 Å². The molecule has 0 aliphatic carbocycles. The molecule has 5 heteroatoms. The van der Waals surface area contributed by atoms with E-state index >= 15 is 0 Å². The molecule has 0 aliphatic rings. The van der Waals surface area contributed by atoms with Gasteiger partial charge in [0.25, 0.3) is 5.91 Å². The van der Waals surface area contributed by atoms with Crippen LogP contribution in [0.3, 0.4) is 0 Å². The van der Waals surface area contributed by atoms with E-state index in [4.69, 9.17) is 23.2 Å². The van der Waals surface area contributed by atoms with E-state index in [1.807, 2.05) is 11.5 Å². The van der Waals surface area contributed by atoms with Gasteiger partial charge in [0.15, 0.2) is 0 Å². The zero-order valence-corrected chi connectivity index (χ0v) is 17.2. The number of aryl methyl sites for hydroxylation is 1. The highest BCUT2D eigenvalue weighted by Gasteiger charge is 2.21. The third-order valence-electron chi connectivity index (χ3n) is 4.73. The van der Waals surface area contributed by atoms with Crippen LogP contribution in [0.2, 0.25) is 10.0 Å². The molecule has 0 saturated heterocycles. The van der Waals surface area contributed by atoms with Crippen LogP contribution < -0.4 is 5.32 Å². The highest BCUT2D eigenvalue weighted by molar-refractivity contribution is 6.44. The first kappa shape index (κ1) is 19.5. The predicted molar refractivity (Wildman–Crippen MR) is 115 cm³/mol. The number of rotatable bonds is 5. The lowest BCUT2D eigenvalue weighted by Gasteiger charge is -2.12. The molecule has 140 valence electrons. The Morgan fingerprint density at radius 1 is 1.26 bits per heavy atom. The zero-order chi connectivity index (χ0) is 19.7. The summed E-state index contributed by atoms with van der Waals surface area (Å²) in [5.41, 5.74) is 4.28. The molecule has 1 amide bonds. The smallest absolute Gasteiger partial charge is 0.272 e. The maximum Gasteiger partial charge on any atom is 0.272 e. The van der Waals surface area contributed by atoms with Gasteiger partial charge in [0, 0.05) is 17.4 Å². The summed E-state index contributed by atoms with van der Waals surface area (Å²) < 4.78 is 1.98. The number of anilines is 1. The van der Waals surface area contributed by atoms with Gasteiger partial charge in [-0.15, -0.1) is 6.58 Å². The fourth-order valence-electron chi connectivity index (χ4n) is 3.29. The third-order valence-corrected chi connectivity index (χ3v) is 5.55. The Morgan fingerprint density at radius 3 is 2.67 bits per heavy atom. The van der Waals surface area contributed by atoms with Crippen LogP contribution in [0.25, 0.3) is 10.9 Å². The number of nitrogens with zero attached hydrogens (tertiary/aromatic N) is 1. The van der Waals surface area contributed by atoms with E-state index < -0.39 is 0 Å². The normalized spacial score (nSPS) is 11.2. The second kappa shape index (κ2) is 7.79. The molecule has 3 nitrogen and oxygen atoms in total. The average Bonchev–Trinajstić information content (AvgIpc) is 2.91. The molecule has 0 bridgehead atoms. The topological polar surface area (TPSA) is 34.0 Å². The summed E-state index contributed by atoms with van der Waals surface area (Å²) in [5.74, 6) is 0.194. The molecule has 1 aromatic heterocycles. The van der Waals surface area contributed by atoms with Crippen LogP contribution in [0.1, 0.15) is 41.4 Å². The summed E-state index contributed by atoms with van der Waals surface area (Å²) in [6.07, 6.45) is 1.79. The van der Waals surface area contributed by atoms with Crippen LogP contribution in [-0.2, 0) is 6.54 Å². The number of amides is 1. The van der Waals surface area contributed by atoms with Gasteiger partial charge < -0.3 is 9.88 Å². The third kappa shape index (κ3) is 3.62. The summed E-state index contributed by atoms with van der Waals surface area (Å²) in [6, 6.07) is 11.5. The molecule has 0 saturated carbocycles. The van der Waals surface area contributed by atoms with E-state index in [9.17, 15) is 4.79 Å². The Morgan fingerprint density at radius 2 is 2.00 bits per heavy atom. The lowest BCUT2D eigenvalue weighted by molar-refractivity contribution is 0.101. The van der Waals surface area contributed by atoms with Gasteiger partial charge in [0.05, 0.1) is 15.7 Å². The minimum absolute atomic E-state index is 0.221. The number of carbonyl (C=O) groups excluding carboxylic acids is 1. The molecular formula is C22H22Cl2N2O. The number of carbonyl (C=O) groups is 1. The van der Waals surface area contributed by atoms with E-state index in [1.165, 1.54) is 5.56 Å². The number of hydrogen-bond acceptors (Lipinski definition) is 1. The van der Waals surface area contributed by atoms with Gasteiger partial charge in [-0.2, -0.15) is 0 Å². The van der Waals surface area contributed by atoms with Crippen molar-refractivity contribution in [2.45, 2.75) is 33.2 Å². The summed E-state index contributed by atoms with van der Waals surface area (Å²) >= 11 is 12.3. The Hall–Kier alpha value is -2.23. The minimum Gasteiger partial charge on any atom is -0.332 e. The first-order valence-corrected chi connectivity index (χ1v) is 9.59. The molecular weight excluding hydrogens is 379 g/mol. The number of allylic oxidation sites excluding steroid dienone is 1. The van der Waals surface area contributed by atoms with Crippen molar-refractivity contribution in [2.24, 2.45) is 0 Å². The lowest BCUT2D eigenvalue weighted by atomic mass is 10.0. The largest absolute Gasteiger partial charge is 0.332 e. The minimum atomic E-state index is -0.221. The number of nitrogens with one attached hydrogen (secondary N) is 1. The maximum absolute atomic E-state index is 13.1. The molecule has 2 aromatic carbocycles. The Labute approximate surface area is 169 Å². The van der Waals surface area contributed by atoms with E-state index in [2.05, 4.69) is 43.9 Å². The first-order chi connectivity index (χ1) is 12.8. The van der Waals surface area contributed by atoms with E-state index in [0.29, 0.717) is 33.9 Å². The van der Waals surface area contributed by atoms with E-state index in [1.54, 1.807) is 24.3 Å². The van der Waals surface area contributed by atoms with Crippen molar-refractivity contribution in [1.82, 2.24) is 4.57 Å². The fraction of sp³-hybridized carbons (Fsp3) is 0.227. The van der Waals surface area contributed by atoms with Gasteiger partial charge in [-0.05, 0) is 48.2 Å². The molecule has 0 radical (unpaired) electrons. The number of fused-ring (bicyclic) bond motifs is 1. The second-order valence-corrected chi connectivity index (χ2v) is 7.64. The van der Waals surface area contributed by atoms with Crippen LogP contribution >= 0.6 is 23.2 Å². The molecule has 3 rings (SSSR count). The van der Waals surface area contributed by atoms with E-state index in [0.717, 1.165) is 16.5 Å². The van der Waals surface area contributed by atoms with Crippen molar-refractivity contribution in [1.29, 1.82) is 0 Å². The van der Waals surface area contributed by atoms with Crippen molar-refractivity contribution < 1.29 is 4.79 Å². The molecule has 0 aliphatic heterocycles. The van der Waals surface area contributed by atoms with Gasteiger partial charge >= 0.3 is 0 Å². The fourth-order valence-corrected chi connectivity index (χ4v) is 3.64. The quantitative estimate of drug-likeness (QED) is 0.468. The Bertz CT molecular complexity index is 1030. The van der Waals surface area contributed by atoms with Crippen molar-refractivity contribution >= 4 is 45.7 Å². The summed E-state index contributed by atoms with van der Waals surface area (Å²) in [6.45, 7) is 10.7. The Kier molecular flexibility index (Phi) is 5.64. The SMILES string of the molecule is C=CCn1c(C(=O)Nc2cccc(Cl)c2Cl)c(C)c2cc(C(C)C)ccc21. The molecule has 1 N–H and O–H groups in total. The van der Waals surface area contributed by atoms with Gasteiger partial charge in [0.2, 0.25) is 0 Å². The predicted octanol–water partition coefficient (Wildman–Crippen LogP) is 6.82. The number of benzene rings is 2. The number of halogens is 2. The molecule has 0 spiro atoms. The standard InChI is InChI=1S/C22H22Cl2N2O/c1-5-11-26-19-10-9-15(13(2)3)12-16(19)14(4)21(26)22(27)25-18-8-6-7-17(23)20(18)24/h5-10,12-13H,1,11H2,2-4H3,(H,25,27). The molecule has 0 unspecified atom stereocenters. The highest BCUT2D eigenvalue weighted by Crippen LogP contribution is 2.32. The van der Waals surface area contributed by atoms with E-state index in [-0.39, 0.29) is 5.91 Å². The number of aromatic nitrogens is 1. The second-order valence-electron chi connectivity index (χ2n) is 6.86. The highest BCUT2D eigenvalue weighted by atomic mass is 35.5.